The maximum atomic E-state index is 11.3. The molecule has 75 valence electrons. The van der Waals surface area contributed by atoms with Gasteiger partial charge in [0, 0.05) is 32.7 Å². The van der Waals surface area contributed by atoms with Crippen molar-refractivity contribution >= 4 is 5.91 Å². The first kappa shape index (κ1) is 13.9. The number of amides is 1. The van der Waals surface area contributed by atoms with Gasteiger partial charge in [0.25, 0.3) is 0 Å². The fraction of sp³-hybridized carbons (Fsp3) is 0.500. The van der Waals surface area contributed by atoms with E-state index in [0.29, 0.717) is 12.3 Å². The standard InChI is InChI=1S/C10H15NO2.Y/c1-3-4-6-11-10(12)9-8(2)5-7-13-9;/h5,7H,3-4,6H2,1-2H3,(H,11,12);/p-1. The van der Waals surface area contributed by atoms with Gasteiger partial charge in [0.05, 0.1) is 6.26 Å². The first-order chi connectivity index (χ1) is 6.25. The topological polar surface area (TPSA) is 44.3 Å². The van der Waals surface area contributed by atoms with Gasteiger partial charge in [-0.1, -0.05) is 19.8 Å². The van der Waals surface area contributed by atoms with Crippen LogP contribution in [0.15, 0.2) is 16.7 Å². The van der Waals surface area contributed by atoms with Crippen LogP contribution in [0.3, 0.4) is 0 Å². The molecule has 0 aliphatic rings. The summed E-state index contributed by atoms with van der Waals surface area (Å²) in [5, 5.41) is 3.88. The van der Waals surface area contributed by atoms with Crippen molar-refractivity contribution in [1.82, 2.24) is 0 Å². The largest absolute Gasteiger partial charge is 0.646 e. The molecule has 0 aromatic carbocycles. The molecule has 1 aromatic rings. The molecule has 0 aliphatic carbocycles. The van der Waals surface area contributed by atoms with E-state index in [4.69, 9.17) is 4.42 Å². The minimum atomic E-state index is -0.240. The van der Waals surface area contributed by atoms with Crippen LogP contribution < -0.4 is 0 Å². The predicted molar refractivity (Wildman–Crippen MR) is 50.9 cm³/mol. The Morgan fingerprint density at radius 2 is 2.29 bits per heavy atom. The summed E-state index contributed by atoms with van der Waals surface area (Å²) in [5.41, 5.74) is 0.852. The smallest absolute Gasteiger partial charge is 0.154 e. The van der Waals surface area contributed by atoms with Crippen LogP contribution in [0.5, 0.6) is 0 Å². The third-order valence-electron chi connectivity index (χ3n) is 1.82. The van der Waals surface area contributed by atoms with Gasteiger partial charge >= 0.3 is 0 Å². The van der Waals surface area contributed by atoms with Gasteiger partial charge in [-0.15, -0.1) is 6.54 Å². The number of furan rings is 1. The zero-order valence-electron chi connectivity index (χ0n) is 8.62. The summed E-state index contributed by atoms with van der Waals surface area (Å²) in [4.78, 5) is 11.3. The van der Waals surface area contributed by atoms with E-state index in [2.05, 4.69) is 12.2 Å². The van der Waals surface area contributed by atoms with Gasteiger partial charge in [-0.25, -0.2) is 0 Å². The van der Waals surface area contributed by atoms with Crippen LogP contribution in [0.25, 0.3) is 5.32 Å². The van der Waals surface area contributed by atoms with Gasteiger partial charge in [-0.05, 0) is 18.6 Å². The second kappa shape index (κ2) is 7.19. The Hall–Kier alpha value is -0.146. The number of rotatable bonds is 4. The predicted octanol–water partition coefficient (Wildman–Crippen LogP) is 2.90. The van der Waals surface area contributed by atoms with E-state index >= 15 is 0 Å². The van der Waals surface area contributed by atoms with Gasteiger partial charge in [0.15, 0.2) is 5.76 Å². The zero-order valence-corrected chi connectivity index (χ0v) is 11.5. The van der Waals surface area contributed by atoms with Crippen molar-refractivity contribution in [3.05, 3.63) is 29.0 Å². The Morgan fingerprint density at radius 3 is 2.79 bits per heavy atom. The number of aryl methyl sites for hydroxylation is 1. The number of carbonyl (C=O) groups is 1. The molecule has 0 fully saturated rings. The molecule has 0 N–H and O–H groups in total. The second-order valence-corrected chi connectivity index (χ2v) is 2.97. The average molecular weight is 269 g/mol. The van der Waals surface area contributed by atoms with E-state index in [1.165, 1.54) is 6.26 Å². The molecule has 0 saturated heterocycles. The molecule has 1 rings (SSSR count). The molecule has 0 atom stereocenters. The third kappa shape index (κ3) is 3.93. The van der Waals surface area contributed by atoms with E-state index in [1.807, 2.05) is 6.92 Å². The number of hydrogen-bond donors (Lipinski definition) is 0. The third-order valence-corrected chi connectivity index (χ3v) is 1.82. The summed E-state index contributed by atoms with van der Waals surface area (Å²) in [6, 6.07) is 1.77. The van der Waals surface area contributed by atoms with Crippen molar-refractivity contribution in [2.45, 2.75) is 26.7 Å². The van der Waals surface area contributed by atoms with Crippen molar-refractivity contribution < 1.29 is 41.9 Å². The Bertz CT molecular complexity index is 283. The quantitative estimate of drug-likeness (QED) is 0.789. The molecule has 1 heterocycles. The van der Waals surface area contributed by atoms with Gasteiger partial charge in [-0.3, -0.25) is 0 Å². The van der Waals surface area contributed by atoms with Crippen molar-refractivity contribution in [2.24, 2.45) is 0 Å². The van der Waals surface area contributed by atoms with Crippen LogP contribution in [0.2, 0.25) is 0 Å². The minimum Gasteiger partial charge on any atom is -0.646 e. The molecular formula is C10H14NO2Y-. The van der Waals surface area contributed by atoms with Crippen LogP contribution in [0.4, 0.5) is 0 Å². The fourth-order valence-electron chi connectivity index (χ4n) is 1.00. The fourth-order valence-corrected chi connectivity index (χ4v) is 1.00. The van der Waals surface area contributed by atoms with E-state index < -0.39 is 0 Å². The van der Waals surface area contributed by atoms with Gasteiger partial charge < -0.3 is 14.5 Å². The summed E-state index contributed by atoms with van der Waals surface area (Å²) < 4.78 is 5.01. The Balaban J connectivity index is 0.00000169. The van der Waals surface area contributed by atoms with Crippen molar-refractivity contribution in [3.63, 3.8) is 0 Å². The molecule has 0 spiro atoms. The molecule has 14 heavy (non-hydrogen) atoms. The van der Waals surface area contributed by atoms with Gasteiger partial charge in [0.2, 0.25) is 0 Å². The Kier molecular flexibility index (Phi) is 7.11. The summed E-state index contributed by atoms with van der Waals surface area (Å²) in [7, 11) is 0. The number of nitrogens with zero attached hydrogens (tertiary/aromatic N) is 1. The number of unbranched alkanes of at least 4 members (excludes halogenated alkanes) is 1. The number of carbonyl (C=O) groups excluding carboxylic acids is 1. The Labute approximate surface area is 110 Å². The monoisotopic (exact) mass is 269 g/mol. The van der Waals surface area contributed by atoms with Gasteiger partial charge in [-0.2, -0.15) is 0 Å². The SMILES string of the molecule is CCCC[N-]C(=O)c1occc1C.[Y]. The maximum absolute atomic E-state index is 11.3. The summed E-state index contributed by atoms with van der Waals surface area (Å²) in [5.74, 6) is 0.132. The van der Waals surface area contributed by atoms with Crippen LogP contribution in [-0.4, -0.2) is 12.5 Å². The van der Waals surface area contributed by atoms with Crippen LogP contribution >= 0.6 is 0 Å². The first-order valence-electron chi connectivity index (χ1n) is 4.51. The Morgan fingerprint density at radius 1 is 1.57 bits per heavy atom. The number of hydrogen-bond acceptors (Lipinski definition) is 2. The zero-order chi connectivity index (χ0) is 9.68. The molecule has 3 nitrogen and oxygen atoms in total. The van der Waals surface area contributed by atoms with E-state index in [1.54, 1.807) is 6.07 Å². The molecule has 1 amide bonds. The van der Waals surface area contributed by atoms with E-state index in [0.717, 1.165) is 18.4 Å². The normalized spacial score (nSPS) is 9.29. The summed E-state index contributed by atoms with van der Waals surface area (Å²) >= 11 is 0. The molecule has 0 unspecified atom stereocenters. The molecule has 4 heteroatoms. The average Bonchev–Trinajstić information content (AvgIpc) is 2.52. The molecule has 1 radical (unpaired) electrons. The van der Waals surface area contributed by atoms with E-state index in [9.17, 15) is 4.79 Å². The first-order valence-corrected chi connectivity index (χ1v) is 4.51. The molecular weight excluding hydrogens is 255 g/mol. The molecule has 0 aliphatic heterocycles. The van der Waals surface area contributed by atoms with Crippen LogP contribution in [-0.2, 0) is 32.7 Å². The maximum Gasteiger partial charge on any atom is 0.154 e. The summed E-state index contributed by atoms with van der Waals surface area (Å²) in [6.45, 7) is 4.50. The van der Waals surface area contributed by atoms with Crippen LogP contribution in [0.1, 0.15) is 35.9 Å². The van der Waals surface area contributed by atoms with Crippen molar-refractivity contribution in [1.29, 1.82) is 0 Å². The summed E-state index contributed by atoms with van der Waals surface area (Å²) in [6.07, 6.45) is 3.51. The minimum absolute atomic E-state index is 0. The second-order valence-electron chi connectivity index (χ2n) is 2.97. The van der Waals surface area contributed by atoms with Crippen LogP contribution in [0, 0.1) is 6.92 Å². The van der Waals surface area contributed by atoms with Gasteiger partial charge in [0.1, 0.15) is 5.91 Å². The van der Waals surface area contributed by atoms with Crippen molar-refractivity contribution in [2.75, 3.05) is 6.54 Å². The van der Waals surface area contributed by atoms with E-state index in [-0.39, 0.29) is 38.6 Å². The molecule has 0 bridgehead atoms. The molecule has 0 saturated carbocycles. The van der Waals surface area contributed by atoms with Crippen molar-refractivity contribution in [3.8, 4) is 0 Å². The molecule has 1 aromatic heterocycles.